The Balaban J connectivity index is -0.0000000113. The molecule has 0 aromatic carbocycles. The van der Waals surface area contributed by atoms with Gasteiger partial charge in [-0.15, -0.1) is 0 Å². The van der Waals surface area contributed by atoms with Crippen LogP contribution in [0.25, 0.3) is 0 Å². The molecule has 0 spiro atoms. The van der Waals surface area contributed by atoms with Crippen molar-refractivity contribution < 1.29 is 187 Å². The van der Waals surface area contributed by atoms with Gasteiger partial charge in [-0.25, -0.2) is 4.79 Å². The number of rotatable bonds is 0. The average Bonchev–Trinajstić information content (AvgIpc) is 1.45. The van der Waals surface area contributed by atoms with Crippen molar-refractivity contribution in [3.63, 3.8) is 0 Å². The normalized spacial score (nSPS) is 8.24. The molecule has 0 aliphatic rings. The first-order chi connectivity index (χ1) is 5.73. The van der Waals surface area contributed by atoms with Crippen LogP contribution in [0.4, 0.5) is 4.79 Å². The molecule has 0 radical (unpaired) electrons. The van der Waals surface area contributed by atoms with Gasteiger partial charge in [0.1, 0.15) is 0 Å². The third kappa shape index (κ3) is 534. The molecule has 94 valence electrons. The van der Waals surface area contributed by atoms with Crippen LogP contribution in [0, 0.1) is 0 Å². The molecule has 0 aromatic rings. The van der Waals surface area contributed by atoms with E-state index >= 15 is 0 Å². The maximum Gasteiger partial charge on any atom is 1.00 e. The third-order valence-electron chi connectivity index (χ3n) is 0. The Kier molecular flexibility index (Phi) is 41.9. The van der Waals surface area contributed by atoms with E-state index in [1.807, 2.05) is 0 Å². The largest absolute Gasteiger partial charge is 1.00 e. The summed E-state index contributed by atoms with van der Waals surface area (Å²) in [6.07, 6.45) is -1.83. The van der Waals surface area contributed by atoms with Crippen LogP contribution in [-0.4, -0.2) is 51.4 Å². The van der Waals surface area contributed by atoms with Crippen molar-refractivity contribution in [2.24, 2.45) is 0 Å². The molecule has 0 rings (SSSR count). The second kappa shape index (κ2) is 19.3. The first-order valence-electron chi connectivity index (χ1n) is 2.05. The molecule has 6 N–H and O–H groups in total. The zero-order chi connectivity index (χ0) is 12.6. The molecule has 0 aliphatic heterocycles. The molecule has 0 saturated carbocycles. The predicted molar refractivity (Wildman–Crippen MR) is 42.3 cm³/mol. The fourth-order valence-corrected chi connectivity index (χ4v) is 0. The van der Waals surface area contributed by atoms with Gasteiger partial charge in [-0.1, -0.05) is 0 Å². The monoisotopic (exact) mass is 362 g/mol. The van der Waals surface area contributed by atoms with Gasteiger partial charge in [0.25, 0.3) is 0 Å². The van der Waals surface area contributed by atoms with Crippen LogP contribution >= 0.6 is 0 Å². The molecule has 0 atom stereocenters. The molecule has 0 aliphatic carbocycles. The van der Waals surface area contributed by atoms with Crippen molar-refractivity contribution in [1.29, 1.82) is 0 Å². The topological polar surface area (TPSA) is 207 Å². The van der Waals surface area contributed by atoms with Crippen LogP contribution in [0.1, 0.15) is 4.28 Å². The second-order valence-corrected chi connectivity index (χ2v) is 2.97. The average molecular weight is 362 g/mol. The molecule has 0 unspecified atom stereocenters. The van der Waals surface area contributed by atoms with E-state index in [1.165, 1.54) is 0 Å². The molecule has 0 amide bonds. The molecule has 0 heterocycles. The second-order valence-electron chi connectivity index (χ2n) is 1.18. The Hall–Kier alpha value is 3.28. The molecule has 17 heavy (non-hydrogen) atoms. The van der Waals surface area contributed by atoms with Crippen molar-refractivity contribution in [1.82, 2.24) is 0 Å². The molecule has 0 saturated heterocycles. The minimum atomic E-state index is -4.67. The summed E-state index contributed by atoms with van der Waals surface area (Å²) in [5, 5.41) is 13.9. The van der Waals surface area contributed by atoms with Gasteiger partial charge in [-0.2, -0.15) is 16.8 Å². The predicted octanol–water partition coefficient (Wildman–Crippen LogP) is -9.73. The van der Waals surface area contributed by atoms with Crippen molar-refractivity contribution in [3.8, 4) is 0 Å². The standard InChI is InChI=1S/CH2O3.2K.Na.2H2O4S.3H/c2-1(3)4;;;;2*1-5(2,3)4;;;/h(H2,2,3,4);;;;2*(H2,1,2,3,4);;;/q;3*+1;;;3*-1. The minimum absolute atomic E-state index is 0. The number of hydrogen-bond donors (Lipinski definition) is 6. The van der Waals surface area contributed by atoms with Crippen molar-refractivity contribution in [2.45, 2.75) is 0 Å². The van der Waals surface area contributed by atoms with E-state index in [-0.39, 0.29) is 137 Å². The van der Waals surface area contributed by atoms with E-state index in [9.17, 15) is 0 Å². The van der Waals surface area contributed by atoms with Crippen LogP contribution < -0.4 is 132 Å². The smallest absolute Gasteiger partial charge is 1.00 e. The summed E-state index contributed by atoms with van der Waals surface area (Å²) in [6, 6.07) is 0. The molecular formula is CH9K2NaO11S2. The summed E-state index contributed by atoms with van der Waals surface area (Å²) >= 11 is 0. The maximum absolute atomic E-state index is 8.74. The van der Waals surface area contributed by atoms with Gasteiger partial charge < -0.3 is 14.5 Å². The van der Waals surface area contributed by atoms with E-state index in [4.69, 9.17) is 50.1 Å². The summed E-state index contributed by atoms with van der Waals surface area (Å²) in [6.45, 7) is 0. The van der Waals surface area contributed by atoms with E-state index in [2.05, 4.69) is 0 Å². The van der Waals surface area contributed by atoms with Crippen molar-refractivity contribution in [3.05, 3.63) is 0 Å². The molecule has 0 aromatic heterocycles. The molecule has 0 fully saturated rings. The maximum atomic E-state index is 8.74. The van der Waals surface area contributed by atoms with Gasteiger partial charge in [-0.3, -0.25) is 18.2 Å². The third-order valence-corrected chi connectivity index (χ3v) is 0. The SMILES string of the molecule is O=C(O)O.O=S(=O)(O)O.O=S(=O)(O)O.[H-].[H-].[H-].[K+].[K+].[Na+]. The van der Waals surface area contributed by atoms with E-state index in [0.29, 0.717) is 0 Å². The van der Waals surface area contributed by atoms with Gasteiger partial charge in [0.05, 0.1) is 0 Å². The molecule has 16 heteroatoms. The zero-order valence-electron chi connectivity index (χ0n) is 12.0. The van der Waals surface area contributed by atoms with Gasteiger partial charge in [0.2, 0.25) is 0 Å². The summed E-state index contributed by atoms with van der Waals surface area (Å²) in [5.74, 6) is 0. The Morgan fingerprint density at radius 3 is 0.765 bits per heavy atom. The fraction of sp³-hybridized carbons (Fsp3) is 0. The Morgan fingerprint density at radius 2 is 0.765 bits per heavy atom. The number of carboxylic acid groups (broad SMARTS) is 2. The zero-order valence-corrected chi connectivity index (χ0v) is 18.9. The summed E-state index contributed by atoms with van der Waals surface area (Å²) in [5.41, 5.74) is 0. The van der Waals surface area contributed by atoms with Crippen LogP contribution in [0.15, 0.2) is 0 Å². The van der Waals surface area contributed by atoms with Gasteiger partial charge in [-0.05, 0) is 0 Å². The van der Waals surface area contributed by atoms with Crippen LogP contribution in [0.5, 0.6) is 0 Å². The molecular weight excluding hydrogens is 353 g/mol. The Morgan fingerprint density at radius 1 is 0.765 bits per heavy atom. The summed E-state index contributed by atoms with van der Waals surface area (Å²) in [7, 11) is -9.33. The molecule has 0 bridgehead atoms. The fourth-order valence-electron chi connectivity index (χ4n) is 0. The quantitative estimate of drug-likeness (QED) is 0.176. The van der Waals surface area contributed by atoms with Crippen LogP contribution in [0.3, 0.4) is 0 Å². The minimum Gasteiger partial charge on any atom is -1.00 e. The first-order valence-corrected chi connectivity index (χ1v) is 4.84. The van der Waals surface area contributed by atoms with Crippen molar-refractivity contribution in [2.75, 3.05) is 0 Å². The Labute approximate surface area is 208 Å². The van der Waals surface area contributed by atoms with E-state index in [1.54, 1.807) is 0 Å². The Bertz CT molecular complexity index is 306. The molecule has 11 nitrogen and oxygen atoms in total. The number of hydrogen-bond acceptors (Lipinski definition) is 5. The van der Waals surface area contributed by atoms with Crippen LogP contribution in [-0.2, 0) is 20.8 Å². The van der Waals surface area contributed by atoms with Gasteiger partial charge in [0, 0.05) is 0 Å². The first kappa shape index (κ1) is 37.0. The van der Waals surface area contributed by atoms with Crippen LogP contribution in [0.2, 0.25) is 0 Å². The van der Waals surface area contributed by atoms with Gasteiger partial charge >= 0.3 is 159 Å². The van der Waals surface area contributed by atoms with Crippen molar-refractivity contribution >= 4 is 27.0 Å². The van der Waals surface area contributed by atoms with E-state index in [0.717, 1.165) is 0 Å². The van der Waals surface area contributed by atoms with E-state index < -0.39 is 27.0 Å². The number of carbonyl (C=O) groups is 1. The summed E-state index contributed by atoms with van der Waals surface area (Å²) < 4.78 is 63.2. The van der Waals surface area contributed by atoms with Gasteiger partial charge in [0.15, 0.2) is 0 Å². The summed E-state index contributed by atoms with van der Waals surface area (Å²) in [4.78, 5) is 8.56.